The van der Waals surface area contributed by atoms with Crippen molar-refractivity contribution in [3.63, 3.8) is 0 Å². The van der Waals surface area contributed by atoms with Crippen LogP contribution >= 0.6 is 0 Å². The van der Waals surface area contributed by atoms with Crippen molar-refractivity contribution in [2.75, 3.05) is 26.2 Å². The third-order valence-electron chi connectivity index (χ3n) is 8.75. The number of para-hydroxylation sites is 2. The molecule has 5 nitrogen and oxygen atoms in total. The topological polar surface area (TPSA) is 50.4 Å². The highest BCUT2D eigenvalue weighted by atomic mass is 16.3. The smallest absolute Gasteiger partial charge is 0.329 e. The van der Waals surface area contributed by atoms with Crippen LogP contribution in [0.4, 0.5) is 0 Å². The van der Waals surface area contributed by atoms with Crippen molar-refractivity contribution in [2.24, 2.45) is 23.7 Å². The third kappa shape index (κ3) is 3.89. The number of benzene rings is 1. The first-order valence-electron chi connectivity index (χ1n) is 12.7. The van der Waals surface area contributed by atoms with Crippen LogP contribution < -0.4 is 5.69 Å². The van der Waals surface area contributed by atoms with Crippen LogP contribution in [0, 0.1) is 23.7 Å². The Morgan fingerprint density at radius 1 is 0.968 bits per heavy atom. The number of aryl methyl sites for hydroxylation is 1. The number of hydrogen-bond donors (Lipinski definition) is 1. The van der Waals surface area contributed by atoms with Crippen molar-refractivity contribution in [1.29, 1.82) is 0 Å². The van der Waals surface area contributed by atoms with E-state index in [2.05, 4.69) is 11.0 Å². The van der Waals surface area contributed by atoms with E-state index in [1.54, 1.807) is 0 Å². The largest absolute Gasteiger partial charge is 0.396 e. The summed E-state index contributed by atoms with van der Waals surface area (Å²) < 4.78 is 3.87. The van der Waals surface area contributed by atoms with Crippen molar-refractivity contribution in [3.8, 4) is 0 Å². The number of piperidine rings is 1. The molecule has 5 heteroatoms. The average Bonchev–Trinajstić information content (AvgIpc) is 3.10. The molecule has 2 heterocycles. The summed E-state index contributed by atoms with van der Waals surface area (Å²) in [6.45, 7) is 6.00. The van der Waals surface area contributed by atoms with E-state index < -0.39 is 0 Å². The van der Waals surface area contributed by atoms with E-state index in [4.69, 9.17) is 0 Å². The predicted molar refractivity (Wildman–Crippen MR) is 125 cm³/mol. The molecule has 1 aromatic carbocycles. The van der Waals surface area contributed by atoms with Crippen LogP contribution in [0.5, 0.6) is 0 Å². The zero-order chi connectivity index (χ0) is 21.4. The molecular weight excluding hydrogens is 386 g/mol. The summed E-state index contributed by atoms with van der Waals surface area (Å²) in [4.78, 5) is 15.9. The maximum atomic E-state index is 13.3. The SMILES string of the molecule is CCn1c(=O)n(C2CCN(CC3CCCC4CCCCC43)CC2CO)c2ccccc21. The van der Waals surface area contributed by atoms with Crippen molar-refractivity contribution >= 4 is 11.0 Å². The number of aromatic nitrogens is 2. The molecule has 1 saturated heterocycles. The van der Waals surface area contributed by atoms with Crippen LogP contribution in [-0.4, -0.2) is 45.4 Å². The molecule has 3 fully saturated rings. The summed E-state index contributed by atoms with van der Waals surface area (Å²) in [5.41, 5.74) is 2.11. The molecule has 5 unspecified atom stereocenters. The number of rotatable bonds is 5. The minimum Gasteiger partial charge on any atom is -0.396 e. The Bertz CT molecular complexity index is 946. The van der Waals surface area contributed by atoms with Gasteiger partial charge in [0.1, 0.15) is 0 Å². The lowest BCUT2D eigenvalue weighted by Crippen LogP contribution is -2.48. The number of hydrogen-bond acceptors (Lipinski definition) is 3. The maximum Gasteiger partial charge on any atom is 0.329 e. The van der Waals surface area contributed by atoms with E-state index >= 15 is 0 Å². The first kappa shape index (κ1) is 21.3. The molecule has 0 radical (unpaired) electrons. The molecule has 0 bridgehead atoms. The summed E-state index contributed by atoms with van der Waals surface area (Å²) in [6.07, 6.45) is 10.9. The van der Waals surface area contributed by atoms with Gasteiger partial charge in [-0.3, -0.25) is 9.13 Å². The van der Waals surface area contributed by atoms with Crippen molar-refractivity contribution in [2.45, 2.75) is 70.9 Å². The van der Waals surface area contributed by atoms with Gasteiger partial charge >= 0.3 is 5.69 Å². The number of aliphatic hydroxyl groups excluding tert-OH is 1. The average molecular weight is 426 g/mol. The second-order valence-corrected chi connectivity index (χ2v) is 10.3. The summed E-state index contributed by atoms with van der Waals surface area (Å²) in [5, 5.41) is 10.3. The van der Waals surface area contributed by atoms with Gasteiger partial charge in [-0.25, -0.2) is 4.79 Å². The van der Waals surface area contributed by atoms with Crippen LogP contribution in [0.1, 0.15) is 64.3 Å². The molecule has 5 rings (SSSR count). The molecule has 1 aromatic heterocycles. The molecule has 170 valence electrons. The monoisotopic (exact) mass is 425 g/mol. The Kier molecular flexibility index (Phi) is 6.25. The van der Waals surface area contributed by atoms with Crippen LogP contribution in [0.3, 0.4) is 0 Å². The second kappa shape index (κ2) is 9.11. The zero-order valence-electron chi connectivity index (χ0n) is 19.1. The quantitative estimate of drug-likeness (QED) is 0.778. The molecule has 2 aromatic rings. The number of imidazole rings is 1. The Balaban J connectivity index is 1.34. The fourth-order valence-electron chi connectivity index (χ4n) is 7.27. The molecule has 31 heavy (non-hydrogen) atoms. The van der Waals surface area contributed by atoms with Crippen LogP contribution in [0.15, 0.2) is 29.1 Å². The molecule has 2 aliphatic carbocycles. The molecule has 0 spiro atoms. The Labute approximate surface area is 186 Å². The molecule has 2 saturated carbocycles. The first-order valence-corrected chi connectivity index (χ1v) is 12.7. The van der Waals surface area contributed by atoms with E-state index in [1.807, 2.05) is 34.3 Å². The number of fused-ring (bicyclic) bond motifs is 2. The van der Waals surface area contributed by atoms with Gasteiger partial charge in [-0.1, -0.05) is 44.2 Å². The Morgan fingerprint density at radius 2 is 1.74 bits per heavy atom. The predicted octanol–water partition coefficient (Wildman–Crippen LogP) is 4.28. The van der Waals surface area contributed by atoms with Crippen LogP contribution in [0.25, 0.3) is 11.0 Å². The summed E-state index contributed by atoms with van der Waals surface area (Å²) in [7, 11) is 0. The van der Waals surface area contributed by atoms with Gasteiger partial charge in [0.15, 0.2) is 0 Å². The van der Waals surface area contributed by atoms with E-state index in [9.17, 15) is 9.90 Å². The van der Waals surface area contributed by atoms with Gasteiger partial charge in [-0.15, -0.1) is 0 Å². The minimum atomic E-state index is 0.0814. The Morgan fingerprint density at radius 3 is 2.55 bits per heavy atom. The van der Waals surface area contributed by atoms with Gasteiger partial charge < -0.3 is 10.0 Å². The van der Waals surface area contributed by atoms with E-state index in [-0.39, 0.29) is 24.3 Å². The molecule has 5 atom stereocenters. The normalized spacial score (nSPS) is 32.3. The van der Waals surface area contributed by atoms with Gasteiger partial charge in [0.2, 0.25) is 0 Å². The minimum absolute atomic E-state index is 0.0814. The maximum absolute atomic E-state index is 13.3. The first-order chi connectivity index (χ1) is 15.2. The molecule has 3 aliphatic rings. The lowest BCUT2D eigenvalue weighted by molar-refractivity contribution is 0.0319. The van der Waals surface area contributed by atoms with Crippen molar-refractivity contribution < 1.29 is 5.11 Å². The van der Waals surface area contributed by atoms with Crippen LogP contribution in [-0.2, 0) is 6.54 Å². The molecular formula is C26H39N3O2. The highest BCUT2D eigenvalue weighted by molar-refractivity contribution is 5.76. The van der Waals surface area contributed by atoms with Gasteiger partial charge in [-0.05, 0) is 56.1 Å². The van der Waals surface area contributed by atoms with Crippen molar-refractivity contribution in [3.05, 3.63) is 34.7 Å². The van der Waals surface area contributed by atoms with Gasteiger partial charge in [-0.2, -0.15) is 0 Å². The van der Waals surface area contributed by atoms with Crippen LogP contribution in [0.2, 0.25) is 0 Å². The standard InChI is InChI=1S/C26H39N3O2/c1-2-28-24-12-5-6-13-25(24)29(26(28)31)23-14-15-27(17-21(23)18-30)16-20-10-7-9-19-8-3-4-11-22(19)20/h5-6,12-13,19-23,30H,2-4,7-11,14-18H2,1H3. The fourth-order valence-corrected chi connectivity index (χ4v) is 7.27. The van der Waals surface area contributed by atoms with E-state index in [1.165, 1.54) is 51.5 Å². The third-order valence-corrected chi connectivity index (χ3v) is 8.75. The number of nitrogens with zero attached hydrogens (tertiary/aromatic N) is 3. The zero-order valence-corrected chi connectivity index (χ0v) is 19.1. The van der Waals surface area contributed by atoms with Gasteiger partial charge in [0.25, 0.3) is 0 Å². The lowest BCUT2D eigenvalue weighted by atomic mass is 9.65. The summed E-state index contributed by atoms with van der Waals surface area (Å²) in [6, 6.07) is 8.22. The van der Waals surface area contributed by atoms with Crippen molar-refractivity contribution in [1.82, 2.24) is 14.0 Å². The fraction of sp³-hybridized carbons (Fsp3) is 0.731. The van der Waals surface area contributed by atoms with E-state index in [0.29, 0.717) is 6.54 Å². The molecule has 1 N–H and O–H groups in total. The number of aliphatic hydroxyl groups is 1. The highest BCUT2D eigenvalue weighted by Crippen LogP contribution is 2.44. The molecule has 1 aliphatic heterocycles. The summed E-state index contributed by atoms with van der Waals surface area (Å²) in [5.74, 6) is 2.85. The van der Waals surface area contributed by atoms with E-state index in [0.717, 1.165) is 48.3 Å². The number of likely N-dealkylation sites (tertiary alicyclic amines) is 1. The second-order valence-electron chi connectivity index (χ2n) is 10.3. The van der Waals surface area contributed by atoms with Gasteiger partial charge in [0.05, 0.1) is 11.0 Å². The highest BCUT2D eigenvalue weighted by Gasteiger charge is 2.38. The Hall–Kier alpha value is -1.59. The molecule has 0 amide bonds. The van der Waals surface area contributed by atoms with Gasteiger partial charge in [0, 0.05) is 44.7 Å². The summed E-state index contributed by atoms with van der Waals surface area (Å²) >= 11 is 0. The lowest BCUT2D eigenvalue weighted by Gasteiger charge is -2.45.